The Balaban J connectivity index is 1.65. The van der Waals surface area contributed by atoms with Gasteiger partial charge in [0.05, 0.1) is 12.7 Å². The first-order chi connectivity index (χ1) is 12.7. The van der Waals surface area contributed by atoms with Crippen LogP contribution in [-0.2, 0) is 6.54 Å². The fourth-order valence-corrected chi connectivity index (χ4v) is 2.47. The van der Waals surface area contributed by atoms with Gasteiger partial charge in [0.15, 0.2) is 0 Å². The van der Waals surface area contributed by atoms with Crippen LogP contribution in [0.25, 0.3) is 0 Å². The van der Waals surface area contributed by atoms with Crippen molar-refractivity contribution in [1.82, 2.24) is 9.97 Å². The van der Waals surface area contributed by atoms with Gasteiger partial charge in [0.25, 0.3) is 5.91 Å². The molecule has 0 spiro atoms. The van der Waals surface area contributed by atoms with Gasteiger partial charge < -0.3 is 15.0 Å². The molecule has 1 heterocycles. The fourth-order valence-electron chi connectivity index (χ4n) is 2.47. The average Bonchev–Trinajstić information content (AvgIpc) is 2.69. The molecule has 6 heteroatoms. The Morgan fingerprint density at radius 1 is 1.08 bits per heavy atom. The number of rotatable bonds is 6. The lowest BCUT2D eigenvalue weighted by atomic mass is 10.2. The summed E-state index contributed by atoms with van der Waals surface area (Å²) in [5, 5.41) is 2.81. The lowest BCUT2D eigenvalue weighted by molar-refractivity contribution is 0.102. The zero-order valence-corrected chi connectivity index (χ0v) is 14.7. The minimum absolute atomic E-state index is 0.268. The molecule has 6 nitrogen and oxygen atoms in total. The van der Waals surface area contributed by atoms with Crippen LogP contribution in [0.2, 0.25) is 0 Å². The molecule has 0 aliphatic carbocycles. The van der Waals surface area contributed by atoms with Crippen molar-refractivity contribution in [3.8, 4) is 5.75 Å². The van der Waals surface area contributed by atoms with Crippen LogP contribution in [0.5, 0.6) is 5.75 Å². The van der Waals surface area contributed by atoms with Crippen LogP contribution in [0, 0.1) is 0 Å². The maximum atomic E-state index is 12.3. The van der Waals surface area contributed by atoms with E-state index in [-0.39, 0.29) is 5.91 Å². The van der Waals surface area contributed by atoms with E-state index in [1.807, 2.05) is 54.4 Å². The van der Waals surface area contributed by atoms with Crippen molar-refractivity contribution in [3.05, 3.63) is 78.1 Å². The number of benzene rings is 2. The third-order valence-electron chi connectivity index (χ3n) is 3.83. The number of hydrogen-bond donors (Lipinski definition) is 1. The highest BCUT2D eigenvalue weighted by atomic mass is 16.5. The van der Waals surface area contributed by atoms with Crippen LogP contribution < -0.4 is 15.0 Å². The van der Waals surface area contributed by atoms with E-state index >= 15 is 0 Å². The van der Waals surface area contributed by atoms with Gasteiger partial charge in [-0.05, 0) is 17.7 Å². The molecule has 3 rings (SSSR count). The third-order valence-corrected chi connectivity index (χ3v) is 3.83. The summed E-state index contributed by atoms with van der Waals surface area (Å²) < 4.78 is 5.15. The summed E-state index contributed by atoms with van der Waals surface area (Å²) in [5.74, 6) is 0.972. The summed E-state index contributed by atoms with van der Waals surface area (Å²) in [6.45, 7) is 0.691. The summed E-state index contributed by atoms with van der Waals surface area (Å²) in [6, 6.07) is 17.2. The Labute approximate surface area is 152 Å². The molecule has 2 aromatic carbocycles. The number of nitrogens with zero attached hydrogens (tertiary/aromatic N) is 3. The van der Waals surface area contributed by atoms with Crippen molar-refractivity contribution in [2.24, 2.45) is 0 Å². The first-order valence-electron chi connectivity index (χ1n) is 8.18. The molecule has 1 amide bonds. The highest BCUT2D eigenvalue weighted by Gasteiger charge is 2.10. The monoisotopic (exact) mass is 348 g/mol. The van der Waals surface area contributed by atoms with Crippen LogP contribution in [-0.4, -0.2) is 30.0 Å². The number of hydrogen-bond acceptors (Lipinski definition) is 5. The van der Waals surface area contributed by atoms with Crippen LogP contribution in [0.15, 0.2) is 67.0 Å². The lowest BCUT2D eigenvalue weighted by Gasteiger charge is -2.17. The molecule has 0 aliphatic rings. The second kappa shape index (κ2) is 8.11. The van der Waals surface area contributed by atoms with Crippen LogP contribution in [0.4, 0.5) is 11.6 Å². The van der Waals surface area contributed by atoms with Gasteiger partial charge in [0.2, 0.25) is 5.95 Å². The molecule has 0 bridgehead atoms. The molecule has 0 saturated heterocycles. The molecule has 3 aromatic rings. The zero-order valence-electron chi connectivity index (χ0n) is 14.7. The molecule has 0 saturated carbocycles. The molecule has 1 aromatic heterocycles. The SMILES string of the molecule is COc1cccc(NC(=O)c2cnc(N(C)Cc3ccccc3)nc2)c1. The van der Waals surface area contributed by atoms with E-state index < -0.39 is 0 Å². The number of carbonyl (C=O) groups excluding carboxylic acids is 1. The molecule has 1 N–H and O–H groups in total. The Morgan fingerprint density at radius 3 is 2.50 bits per heavy atom. The lowest BCUT2D eigenvalue weighted by Crippen LogP contribution is -2.20. The van der Waals surface area contributed by atoms with E-state index in [0.717, 1.165) is 0 Å². The number of nitrogens with one attached hydrogen (secondary N) is 1. The van der Waals surface area contributed by atoms with Crippen molar-refractivity contribution in [3.63, 3.8) is 0 Å². The van der Waals surface area contributed by atoms with Crippen molar-refractivity contribution >= 4 is 17.5 Å². The number of anilines is 2. The number of carbonyl (C=O) groups is 1. The maximum Gasteiger partial charge on any atom is 0.258 e. The summed E-state index contributed by atoms with van der Waals surface area (Å²) >= 11 is 0. The van der Waals surface area contributed by atoms with Gasteiger partial charge >= 0.3 is 0 Å². The second-order valence-corrected chi connectivity index (χ2v) is 5.80. The van der Waals surface area contributed by atoms with Gasteiger partial charge in [-0.2, -0.15) is 0 Å². The quantitative estimate of drug-likeness (QED) is 0.740. The molecule has 0 unspecified atom stereocenters. The minimum Gasteiger partial charge on any atom is -0.497 e. The average molecular weight is 348 g/mol. The van der Waals surface area contributed by atoms with Crippen LogP contribution in [0.3, 0.4) is 0 Å². The Morgan fingerprint density at radius 2 is 1.81 bits per heavy atom. The molecule has 0 aliphatic heterocycles. The fraction of sp³-hybridized carbons (Fsp3) is 0.150. The maximum absolute atomic E-state index is 12.3. The molecule has 0 atom stereocenters. The highest BCUT2D eigenvalue weighted by Crippen LogP contribution is 2.17. The Bertz CT molecular complexity index is 866. The van der Waals surface area contributed by atoms with E-state index in [0.29, 0.717) is 29.5 Å². The standard InChI is InChI=1S/C20H20N4O2/c1-24(14-15-7-4-3-5-8-15)20-21-12-16(13-22-20)19(25)23-17-9-6-10-18(11-17)26-2/h3-13H,14H2,1-2H3,(H,23,25). The third kappa shape index (κ3) is 4.36. The summed E-state index contributed by atoms with van der Waals surface area (Å²) in [4.78, 5) is 22.9. The van der Waals surface area contributed by atoms with Gasteiger partial charge in [-0.3, -0.25) is 4.79 Å². The predicted octanol–water partition coefficient (Wildman–Crippen LogP) is 3.37. The number of methoxy groups -OCH3 is 1. The van der Waals surface area contributed by atoms with Gasteiger partial charge in [-0.25, -0.2) is 9.97 Å². The summed E-state index contributed by atoms with van der Waals surface area (Å²) in [5.41, 5.74) is 2.21. The van der Waals surface area contributed by atoms with Crippen molar-refractivity contribution in [1.29, 1.82) is 0 Å². The molecule has 26 heavy (non-hydrogen) atoms. The molecule has 0 fully saturated rings. The Kier molecular flexibility index (Phi) is 5.43. The largest absolute Gasteiger partial charge is 0.497 e. The van der Waals surface area contributed by atoms with Crippen molar-refractivity contribution < 1.29 is 9.53 Å². The van der Waals surface area contributed by atoms with Crippen molar-refractivity contribution in [2.45, 2.75) is 6.54 Å². The van der Waals surface area contributed by atoms with Crippen LogP contribution in [0.1, 0.15) is 15.9 Å². The van der Waals surface area contributed by atoms with Gasteiger partial charge in [0, 0.05) is 37.7 Å². The molecular formula is C20H20N4O2. The smallest absolute Gasteiger partial charge is 0.258 e. The van der Waals surface area contributed by atoms with Crippen LogP contribution >= 0.6 is 0 Å². The highest BCUT2D eigenvalue weighted by molar-refractivity contribution is 6.04. The number of amides is 1. The van der Waals surface area contributed by atoms with Gasteiger partial charge in [0.1, 0.15) is 5.75 Å². The van der Waals surface area contributed by atoms with Gasteiger partial charge in [-0.15, -0.1) is 0 Å². The van der Waals surface area contributed by atoms with E-state index in [9.17, 15) is 4.79 Å². The van der Waals surface area contributed by atoms with E-state index in [2.05, 4.69) is 15.3 Å². The minimum atomic E-state index is -0.268. The first kappa shape index (κ1) is 17.4. The topological polar surface area (TPSA) is 67.3 Å². The summed E-state index contributed by atoms with van der Waals surface area (Å²) in [6.07, 6.45) is 3.05. The molecule has 0 radical (unpaired) electrons. The second-order valence-electron chi connectivity index (χ2n) is 5.80. The molecular weight excluding hydrogens is 328 g/mol. The van der Waals surface area contributed by atoms with E-state index in [1.165, 1.54) is 18.0 Å². The first-order valence-corrected chi connectivity index (χ1v) is 8.18. The zero-order chi connectivity index (χ0) is 18.4. The van der Waals surface area contributed by atoms with Gasteiger partial charge in [-0.1, -0.05) is 36.4 Å². The van der Waals surface area contributed by atoms with E-state index in [1.54, 1.807) is 19.2 Å². The number of ether oxygens (including phenoxy) is 1. The predicted molar refractivity (Wildman–Crippen MR) is 102 cm³/mol. The number of aromatic nitrogens is 2. The molecule has 132 valence electrons. The Hall–Kier alpha value is -3.41. The summed E-state index contributed by atoms with van der Waals surface area (Å²) in [7, 11) is 3.50. The van der Waals surface area contributed by atoms with Crippen molar-refractivity contribution in [2.75, 3.05) is 24.4 Å². The van der Waals surface area contributed by atoms with E-state index in [4.69, 9.17) is 4.74 Å². The normalized spacial score (nSPS) is 10.2.